The Bertz CT molecular complexity index is 482. The van der Waals surface area contributed by atoms with Crippen molar-refractivity contribution in [3.05, 3.63) is 59.7 Å². The Morgan fingerprint density at radius 1 is 1.17 bits per heavy atom. The largest absolute Gasteiger partial charge is 0.310 e. The Hall–Kier alpha value is -1.74. The van der Waals surface area contributed by atoms with Gasteiger partial charge in [0.05, 0.1) is 0 Å². The van der Waals surface area contributed by atoms with Gasteiger partial charge in [0.1, 0.15) is 0 Å². The molecular formula is C15H19N3. The van der Waals surface area contributed by atoms with E-state index in [0.717, 1.165) is 13.0 Å². The quantitative estimate of drug-likeness (QED) is 0.874. The molecule has 1 N–H and O–H groups in total. The van der Waals surface area contributed by atoms with Gasteiger partial charge < -0.3 is 5.32 Å². The van der Waals surface area contributed by atoms with Crippen LogP contribution in [0.2, 0.25) is 0 Å². The lowest BCUT2D eigenvalue weighted by atomic mass is 9.98. The van der Waals surface area contributed by atoms with Crippen molar-refractivity contribution in [3.63, 3.8) is 0 Å². The molecule has 0 aromatic carbocycles. The van der Waals surface area contributed by atoms with E-state index in [1.165, 1.54) is 16.7 Å². The number of rotatable bonds is 5. The van der Waals surface area contributed by atoms with Crippen LogP contribution in [0.25, 0.3) is 0 Å². The monoisotopic (exact) mass is 241 g/mol. The van der Waals surface area contributed by atoms with Gasteiger partial charge in [0.25, 0.3) is 0 Å². The molecule has 0 aliphatic heterocycles. The molecular weight excluding hydrogens is 222 g/mol. The summed E-state index contributed by atoms with van der Waals surface area (Å²) in [5, 5.41) is 3.52. The molecule has 18 heavy (non-hydrogen) atoms. The molecule has 0 aliphatic rings. The molecule has 2 aromatic rings. The predicted molar refractivity (Wildman–Crippen MR) is 73.3 cm³/mol. The minimum Gasteiger partial charge on any atom is -0.310 e. The topological polar surface area (TPSA) is 37.8 Å². The highest BCUT2D eigenvalue weighted by atomic mass is 14.9. The van der Waals surface area contributed by atoms with Crippen LogP contribution in [0.4, 0.5) is 0 Å². The maximum absolute atomic E-state index is 4.23. The molecule has 0 amide bonds. The van der Waals surface area contributed by atoms with E-state index >= 15 is 0 Å². The highest BCUT2D eigenvalue weighted by Gasteiger charge is 2.13. The van der Waals surface area contributed by atoms with Crippen LogP contribution in [-0.4, -0.2) is 16.5 Å². The molecule has 0 aliphatic carbocycles. The van der Waals surface area contributed by atoms with Crippen molar-refractivity contribution >= 4 is 0 Å². The fourth-order valence-corrected chi connectivity index (χ4v) is 2.13. The zero-order valence-corrected chi connectivity index (χ0v) is 10.9. The molecule has 94 valence electrons. The van der Waals surface area contributed by atoms with Crippen LogP contribution in [0, 0.1) is 6.92 Å². The summed E-state index contributed by atoms with van der Waals surface area (Å²) in [4.78, 5) is 8.41. The van der Waals surface area contributed by atoms with E-state index < -0.39 is 0 Å². The predicted octanol–water partition coefficient (Wildman–Crippen LogP) is 2.68. The average Bonchev–Trinajstić information content (AvgIpc) is 2.40. The lowest BCUT2D eigenvalue weighted by Crippen LogP contribution is -2.24. The van der Waals surface area contributed by atoms with Gasteiger partial charge in [0.2, 0.25) is 0 Å². The molecule has 1 unspecified atom stereocenters. The third kappa shape index (κ3) is 3.14. The van der Waals surface area contributed by atoms with Crippen molar-refractivity contribution in [2.24, 2.45) is 0 Å². The third-order valence-electron chi connectivity index (χ3n) is 3.07. The molecule has 0 bridgehead atoms. The summed E-state index contributed by atoms with van der Waals surface area (Å²) in [7, 11) is 0. The van der Waals surface area contributed by atoms with Crippen LogP contribution in [0.5, 0.6) is 0 Å². The summed E-state index contributed by atoms with van der Waals surface area (Å²) in [6.07, 6.45) is 8.47. The normalized spacial score (nSPS) is 12.3. The minimum absolute atomic E-state index is 0.299. The first-order valence-electron chi connectivity index (χ1n) is 6.34. The SMILES string of the molecule is CCNC(Cc1cccnc1)c1cnccc1C. The van der Waals surface area contributed by atoms with E-state index in [2.05, 4.69) is 41.3 Å². The highest BCUT2D eigenvalue weighted by molar-refractivity contribution is 5.27. The zero-order chi connectivity index (χ0) is 12.8. The number of aryl methyl sites for hydroxylation is 1. The van der Waals surface area contributed by atoms with Gasteiger partial charge in [0.15, 0.2) is 0 Å². The number of nitrogens with zero attached hydrogens (tertiary/aromatic N) is 2. The Balaban J connectivity index is 2.21. The van der Waals surface area contributed by atoms with Crippen LogP contribution < -0.4 is 5.32 Å². The van der Waals surface area contributed by atoms with E-state index in [-0.39, 0.29) is 0 Å². The van der Waals surface area contributed by atoms with Gasteiger partial charge in [-0.1, -0.05) is 13.0 Å². The second-order valence-corrected chi connectivity index (χ2v) is 4.41. The van der Waals surface area contributed by atoms with Crippen LogP contribution in [0.1, 0.15) is 29.7 Å². The van der Waals surface area contributed by atoms with Gasteiger partial charge in [-0.25, -0.2) is 0 Å². The van der Waals surface area contributed by atoms with E-state index in [9.17, 15) is 0 Å². The van der Waals surface area contributed by atoms with Crippen LogP contribution in [0.15, 0.2) is 43.0 Å². The van der Waals surface area contributed by atoms with Crippen molar-refractivity contribution in [3.8, 4) is 0 Å². The number of hydrogen-bond donors (Lipinski definition) is 1. The van der Waals surface area contributed by atoms with Gasteiger partial charge in [0, 0.05) is 30.8 Å². The first kappa shape index (κ1) is 12.7. The molecule has 2 rings (SSSR count). The molecule has 0 radical (unpaired) electrons. The Morgan fingerprint density at radius 2 is 2.00 bits per heavy atom. The summed E-state index contributed by atoms with van der Waals surface area (Å²) in [6, 6.07) is 6.45. The van der Waals surface area contributed by atoms with Crippen molar-refractivity contribution < 1.29 is 0 Å². The summed E-state index contributed by atoms with van der Waals surface area (Å²) >= 11 is 0. The lowest BCUT2D eigenvalue weighted by Gasteiger charge is -2.19. The number of hydrogen-bond acceptors (Lipinski definition) is 3. The lowest BCUT2D eigenvalue weighted by molar-refractivity contribution is 0.545. The number of likely N-dealkylation sites (N-methyl/N-ethyl adjacent to an activating group) is 1. The first-order valence-corrected chi connectivity index (χ1v) is 6.34. The van der Waals surface area contributed by atoms with Gasteiger partial charge in [-0.15, -0.1) is 0 Å². The van der Waals surface area contributed by atoms with Gasteiger partial charge in [-0.3, -0.25) is 9.97 Å². The maximum atomic E-state index is 4.23. The zero-order valence-electron chi connectivity index (χ0n) is 10.9. The molecule has 3 nitrogen and oxygen atoms in total. The maximum Gasteiger partial charge on any atom is 0.0379 e. The van der Waals surface area contributed by atoms with Gasteiger partial charge in [-0.2, -0.15) is 0 Å². The smallest absolute Gasteiger partial charge is 0.0379 e. The molecule has 1 atom stereocenters. The second-order valence-electron chi connectivity index (χ2n) is 4.41. The third-order valence-corrected chi connectivity index (χ3v) is 3.07. The summed E-state index contributed by atoms with van der Waals surface area (Å²) < 4.78 is 0. The van der Waals surface area contributed by atoms with Crippen molar-refractivity contribution in [2.75, 3.05) is 6.54 Å². The number of aromatic nitrogens is 2. The molecule has 0 saturated heterocycles. The fourth-order valence-electron chi connectivity index (χ4n) is 2.13. The molecule has 0 spiro atoms. The van der Waals surface area contributed by atoms with Crippen LogP contribution >= 0.6 is 0 Å². The van der Waals surface area contributed by atoms with E-state index in [1.807, 2.05) is 24.7 Å². The van der Waals surface area contributed by atoms with E-state index in [0.29, 0.717) is 6.04 Å². The molecule has 2 aromatic heterocycles. The van der Waals surface area contributed by atoms with Crippen LogP contribution in [0.3, 0.4) is 0 Å². The molecule has 3 heteroatoms. The summed E-state index contributed by atoms with van der Waals surface area (Å²) in [5.41, 5.74) is 3.79. The Kier molecular flexibility index (Phi) is 4.42. The summed E-state index contributed by atoms with van der Waals surface area (Å²) in [5.74, 6) is 0. The fraction of sp³-hybridized carbons (Fsp3) is 0.333. The average molecular weight is 241 g/mol. The van der Waals surface area contributed by atoms with Crippen LogP contribution in [-0.2, 0) is 6.42 Å². The van der Waals surface area contributed by atoms with Gasteiger partial charge in [-0.05, 0) is 48.7 Å². The van der Waals surface area contributed by atoms with Crippen molar-refractivity contribution in [2.45, 2.75) is 26.3 Å². The van der Waals surface area contributed by atoms with Gasteiger partial charge >= 0.3 is 0 Å². The van der Waals surface area contributed by atoms with Crippen molar-refractivity contribution in [1.82, 2.24) is 15.3 Å². The Morgan fingerprint density at radius 3 is 2.67 bits per heavy atom. The first-order chi connectivity index (χ1) is 8.81. The number of pyridine rings is 2. The Labute approximate surface area is 108 Å². The molecule has 0 fully saturated rings. The number of nitrogens with one attached hydrogen (secondary N) is 1. The minimum atomic E-state index is 0.299. The van der Waals surface area contributed by atoms with E-state index in [1.54, 1.807) is 6.20 Å². The molecule has 0 saturated carbocycles. The highest BCUT2D eigenvalue weighted by Crippen LogP contribution is 2.20. The summed E-state index contributed by atoms with van der Waals surface area (Å²) in [6.45, 7) is 5.20. The molecule has 2 heterocycles. The van der Waals surface area contributed by atoms with E-state index in [4.69, 9.17) is 0 Å². The van der Waals surface area contributed by atoms with Crippen molar-refractivity contribution in [1.29, 1.82) is 0 Å². The standard InChI is InChI=1S/C15H19N3/c1-3-18-15(9-13-5-4-7-16-10-13)14-11-17-8-6-12(14)2/h4-8,10-11,15,18H,3,9H2,1-2H3. The second kappa shape index (κ2) is 6.26.